The van der Waals surface area contributed by atoms with Crippen LogP contribution in [0.2, 0.25) is 0 Å². The van der Waals surface area contributed by atoms with Crippen LogP contribution >= 0.6 is 0 Å². The van der Waals surface area contributed by atoms with Crippen LogP contribution in [0.5, 0.6) is 0 Å². The van der Waals surface area contributed by atoms with Crippen LogP contribution < -0.4 is 0 Å². The van der Waals surface area contributed by atoms with Crippen molar-refractivity contribution in [2.24, 2.45) is 10.9 Å². The Morgan fingerprint density at radius 2 is 2.04 bits per heavy atom. The molecule has 0 aliphatic carbocycles. The lowest BCUT2D eigenvalue weighted by molar-refractivity contribution is -0.147. The monoisotopic (exact) mass is 341 g/mol. The standard InChI is InChI=1S/C20H23NO4/c1-5-24-19(22)16-13(4)21-15-10-12(3)25-20(23)18(15)17(16)14-9-7-6-8-11(14)2/h6-9,12,16-17H,5,10H2,1-4H3. The van der Waals surface area contributed by atoms with Crippen molar-refractivity contribution in [3.05, 3.63) is 46.7 Å². The predicted molar refractivity (Wildman–Crippen MR) is 94.3 cm³/mol. The minimum Gasteiger partial charge on any atom is -0.465 e. The average Bonchev–Trinajstić information content (AvgIpc) is 2.53. The highest BCUT2D eigenvalue weighted by atomic mass is 16.5. The third-order valence-corrected chi connectivity index (χ3v) is 4.79. The summed E-state index contributed by atoms with van der Waals surface area (Å²) in [6.45, 7) is 7.73. The summed E-state index contributed by atoms with van der Waals surface area (Å²) in [6.07, 6.45) is 0.357. The molecule has 5 nitrogen and oxygen atoms in total. The Bertz CT molecular complexity index is 778. The number of rotatable bonds is 3. The van der Waals surface area contributed by atoms with Gasteiger partial charge >= 0.3 is 11.9 Å². The largest absolute Gasteiger partial charge is 0.465 e. The Morgan fingerprint density at radius 3 is 2.72 bits per heavy atom. The molecule has 132 valence electrons. The zero-order valence-corrected chi connectivity index (χ0v) is 15.0. The van der Waals surface area contributed by atoms with E-state index >= 15 is 0 Å². The number of aliphatic imine (C=N–C) groups is 1. The van der Waals surface area contributed by atoms with Crippen LogP contribution in [-0.4, -0.2) is 30.4 Å². The first kappa shape index (κ1) is 17.4. The number of hydrogen-bond donors (Lipinski definition) is 0. The van der Waals surface area contributed by atoms with Gasteiger partial charge in [-0.25, -0.2) is 4.79 Å². The zero-order chi connectivity index (χ0) is 18.1. The molecule has 0 fully saturated rings. The van der Waals surface area contributed by atoms with Crippen molar-refractivity contribution in [2.75, 3.05) is 6.61 Å². The van der Waals surface area contributed by atoms with Gasteiger partial charge < -0.3 is 9.47 Å². The molecular formula is C20H23NO4. The van der Waals surface area contributed by atoms with Crippen molar-refractivity contribution in [1.82, 2.24) is 0 Å². The topological polar surface area (TPSA) is 65.0 Å². The van der Waals surface area contributed by atoms with E-state index in [0.717, 1.165) is 16.8 Å². The van der Waals surface area contributed by atoms with Crippen LogP contribution in [0.25, 0.3) is 0 Å². The van der Waals surface area contributed by atoms with Crippen LogP contribution in [0, 0.1) is 12.8 Å². The van der Waals surface area contributed by atoms with E-state index in [9.17, 15) is 9.59 Å². The molecule has 0 spiro atoms. The Hall–Kier alpha value is -2.43. The number of carbonyl (C=O) groups is 2. The lowest BCUT2D eigenvalue weighted by Crippen LogP contribution is -2.39. The van der Waals surface area contributed by atoms with Gasteiger partial charge in [-0.1, -0.05) is 24.3 Å². The highest BCUT2D eigenvalue weighted by Gasteiger charge is 2.45. The Morgan fingerprint density at radius 1 is 1.32 bits per heavy atom. The van der Waals surface area contributed by atoms with Gasteiger partial charge in [-0.2, -0.15) is 0 Å². The number of benzene rings is 1. The smallest absolute Gasteiger partial charge is 0.336 e. The van der Waals surface area contributed by atoms with Crippen LogP contribution in [0.15, 0.2) is 40.5 Å². The number of cyclic esters (lactones) is 1. The summed E-state index contributed by atoms with van der Waals surface area (Å²) >= 11 is 0. The molecule has 2 aliphatic rings. The van der Waals surface area contributed by atoms with Crippen molar-refractivity contribution < 1.29 is 19.1 Å². The average molecular weight is 341 g/mol. The number of ether oxygens (including phenoxy) is 2. The maximum atomic E-state index is 12.7. The zero-order valence-electron chi connectivity index (χ0n) is 15.0. The maximum Gasteiger partial charge on any atom is 0.336 e. The van der Waals surface area contributed by atoms with Gasteiger partial charge in [0.25, 0.3) is 0 Å². The number of aryl methyl sites for hydroxylation is 1. The molecule has 0 saturated heterocycles. The van der Waals surface area contributed by atoms with Gasteiger partial charge in [-0.15, -0.1) is 0 Å². The van der Waals surface area contributed by atoms with Gasteiger partial charge in [0.2, 0.25) is 0 Å². The molecule has 0 aromatic heterocycles. The summed E-state index contributed by atoms with van der Waals surface area (Å²) in [5.41, 5.74) is 3.88. The molecule has 0 bridgehead atoms. The van der Waals surface area contributed by atoms with Gasteiger partial charge in [-0.05, 0) is 38.8 Å². The summed E-state index contributed by atoms with van der Waals surface area (Å²) in [6, 6.07) is 7.80. The molecule has 0 amide bonds. The molecule has 1 aromatic rings. The number of hydrogen-bond acceptors (Lipinski definition) is 5. The maximum absolute atomic E-state index is 12.7. The Balaban J connectivity index is 2.18. The molecule has 0 radical (unpaired) electrons. The van der Waals surface area contributed by atoms with Gasteiger partial charge in [0.05, 0.1) is 17.9 Å². The van der Waals surface area contributed by atoms with Crippen molar-refractivity contribution in [3.63, 3.8) is 0 Å². The van der Waals surface area contributed by atoms with Crippen molar-refractivity contribution in [1.29, 1.82) is 0 Å². The fraction of sp³-hybridized carbons (Fsp3) is 0.450. The first-order valence-electron chi connectivity index (χ1n) is 8.65. The molecule has 2 heterocycles. The van der Waals surface area contributed by atoms with Gasteiger partial charge in [-0.3, -0.25) is 9.79 Å². The molecule has 5 heteroatoms. The van der Waals surface area contributed by atoms with Crippen LogP contribution in [-0.2, 0) is 19.1 Å². The summed E-state index contributed by atoms with van der Waals surface area (Å²) in [5, 5.41) is 0. The van der Waals surface area contributed by atoms with E-state index in [0.29, 0.717) is 17.7 Å². The third-order valence-electron chi connectivity index (χ3n) is 4.79. The third kappa shape index (κ3) is 3.11. The molecule has 3 rings (SSSR count). The van der Waals surface area contributed by atoms with Gasteiger partial charge in [0, 0.05) is 18.1 Å². The van der Waals surface area contributed by atoms with E-state index in [1.807, 2.05) is 45.0 Å². The highest BCUT2D eigenvalue weighted by molar-refractivity contribution is 6.07. The summed E-state index contributed by atoms with van der Waals surface area (Å²) in [5.74, 6) is -1.77. The van der Waals surface area contributed by atoms with Crippen LogP contribution in [0.1, 0.15) is 44.2 Å². The first-order valence-corrected chi connectivity index (χ1v) is 8.65. The first-order chi connectivity index (χ1) is 11.9. The summed E-state index contributed by atoms with van der Waals surface area (Å²) in [7, 11) is 0. The SMILES string of the molecule is CCOC(=O)C1C(C)=NC2=C(C(=O)OC(C)C2)C1c1ccccc1C. The number of esters is 2. The van der Waals surface area contributed by atoms with E-state index in [-0.39, 0.29) is 24.6 Å². The van der Waals surface area contributed by atoms with E-state index in [2.05, 4.69) is 4.99 Å². The van der Waals surface area contributed by atoms with E-state index < -0.39 is 11.8 Å². The van der Waals surface area contributed by atoms with Crippen molar-refractivity contribution in [3.8, 4) is 0 Å². The van der Waals surface area contributed by atoms with Crippen LogP contribution in [0.3, 0.4) is 0 Å². The summed E-state index contributed by atoms with van der Waals surface area (Å²) in [4.78, 5) is 29.9. The van der Waals surface area contributed by atoms with Gasteiger partial charge in [0.15, 0.2) is 0 Å². The second-order valence-electron chi connectivity index (χ2n) is 6.60. The van der Waals surface area contributed by atoms with Crippen LogP contribution in [0.4, 0.5) is 0 Å². The highest BCUT2D eigenvalue weighted by Crippen LogP contribution is 2.44. The lowest BCUT2D eigenvalue weighted by Gasteiger charge is -2.36. The van der Waals surface area contributed by atoms with E-state index in [1.54, 1.807) is 6.92 Å². The fourth-order valence-electron chi connectivity index (χ4n) is 3.70. The molecule has 0 N–H and O–H groups in total. The quantitative estimate of drug-likeness (QED) is 0.791. The molecule has 3 atom stereocenters. The van der Waals surface area contributed by atoms with Gasteiger partial charge in [0.1, 0.15) is 12.0 Å². The lowest BCUT2D eigenvalue weighted by atomic mass is 9.73. The fourth-order valence-corrected chi connectivity index (χ4v) is 3.70. The Labute approximate surface area is 147 Å². The second-order valence-corrected chi connectivity index (χ2v) is 6.60. The molecular weight excluding hydrogens is 318 g/mol. The van der Waals surface area contributed by atoms with E-state index in [1.165, 1.54) is 0 Å². The molecule has 3 unspecified atom stereocenters. The second kappa shape index (κ2) is 6.82. The Kier molecular flexibility index (Phi) is 4.75. The number of carbonyl (C=O) groups excluding carboxylic acids is 2. The molecule has 2 aliphatic heterocycles. The minimum absolute atomic E-state index is 0.209. The van der Waals surface area contributed by atoms with Crippen molar-refractivity contribution in [2.45, 2.75) is 46.1 Å². The normalized spacial score (nSPS) is 25.8. The van der Waals surface area contributed by atoms with Crippen molar-refractivity contribution >= 4 is 17.7 Å². The summed E-state index contributed by atoms with van der Waals surface area (Å²) < 4.78 is 10.7. The minimum atomic E-state index is -0.610. The molecule has 25 heavy (non-hydrogen) atoms. The molecule has 1 aromatic carbocycles. The molecule has 0 saturated carbocycles. The van der Waals surface area contributed by atoms with E-state index in [4.69, 9.17) is 9.47 Å². The predicted octanol–water partition coefficient (Wildman–Crippen LogP) is 3.32. The number of nitrogens with zero attached hydrogens (tertiary/aromatic N) is 1.